The normalized spacial score (nSPS) is 12.3. The van der Waals surface area contributed by atoms with Crippen LogP contribution in [0.5, 0.6) is 0 Å². The number of hydrogen-bond donors (Lipinski definition) is 0. The molecule has 0 heterocycles. The Bertz CT molecular complexity index is 876. The minimum atomic E-state index is -3.34. The molecule has 7 heteroatoms. The summed E-state index contributed by atoms with van der Waals surface area (Å²) in [6.07, 6.45) is 0.113. The molecule has 6 nitrogen and oxygen atoms in total. The molecular weight excluding hydrogens is 354 g/mol. The molecule has 2 aromatic rings. The quantitative estimate of drug-likeness (QED) is 0.725. The number of likely N-dealkylation sites (N-methyl/N-ethyl adjacent to an activating group) is 1. The van der Waals surface area contributed by atoms with E-state index in [4.69, 9.17) is 4.74 Å². The number of esters is 1. The van der Waals surface area contributed by atoms with E-state index >= 15 is 0 Å². The summed E-state index contributed by atoms with van der Waals surface area (Å²) in [4.78, 5) is 26.5. The van der Waals surface area contributed by atoms with Gasteiger partial charge in [-0.1, -0.05) is 18.2 Å². The van der Waals surface area contributed by atoms with E-state index in [1.807, 2.05) is 25.1 Å². The van der Waals surface area contributed by atoms with E-state index in [-0.39, 0.29) is 16.4 Å². The van der Waals surface area contributed by atoms with E-state index < -0.39 is 21.9 Å². The monoisotopic (exact) mass is 375 g/mol. The molecular formula is C19H21NO5S. The van der Waals surface area contributed by atoms with Crippen LogP contribution in [0.25, 0.3) is 0 Å². The second kappa shape index (κ2) is 8.14. The first kappa shape index (κ1) is 19.7. The third kappa shape index (κ3) is 4.70. The molecule has 0 spiro atoms. The highest BCUT2D eigenvalue weighted by Gasteiger charge is 2.24. The molecule has 2 aromatic carbocycles. The predicted molar refractivity (Wildman–Crippen MR) is 98.9 cm³/mol. The number of amides is 1. The highest BCUT2D eigenvalue weighted by Crippen LogP contribution is 2.16. The minimum absolute atomic E-state index is 0.111. The zero-order valence-electron chi connectivity index (χ0n) is 14.9. The SMILES string of the molecule is CCN(C(=O)[C@H](C)OC(=O)c1ccc(S(C)(=O)=O)cc1)c1ccccc1. The molecule has 1 atom stereocenters. The van der Waals surface area contributed by atoms with Gasteiger partial charge in [0, 0.05) is 18.5 Å². The van der Waals surface area contributed by atoms with Gasteiger partial charge in [0.1, 0.15) is 0 Å². The Morgan fingerprint density at radius 2 is 1.62 bits per heavy atom. The van der Waals surface area contributed by atoms with Crippen molar-refractivity contribution in [1.82, 2.24) is 0 Å². The maximum absolute atomic E-state index is 12.6. The number of ether oxygens (including phenoxy) is 1. The summed E-state index contributed by atoms with van der Waals surface area (Å²) >= 11 is 0. The van der Waals surface area contributed by atoms with Gasteiger partial charge in [0.15, 0.2) is 15.9 Å². The van der Waals surface area contributed by atoms with E-state index in [1.54, 1.807) is 12.1 Å². The number of benzene rings is 2. The minimum Gasteiger partial charge on any atom is -0.449 e. The molecule has 0 fully saturated rings. The van der Waals surface area contributed by atoms with Crippen molar-refractivity contribution in [3.8, 4) is 0 Å². The molecule has 2 rings (SSSR count). The Hall–Kier alpha value is -2.67. The number of para-hydroxylation sites is 1. The summed E-state index contributed by atoms with van der Waals surface area (Å²) in [7, 11) is -3.34. The number of carbonyl (C=O) groups is 2. The van der Waals surface area contributed by atoms with Crippen molar-refractivity contribution in [1.29, 1.82) is 0 Å². The van der Waals surface area contributed by atoms with Crippen LogP contribution in [0.1, 0.15) is 24.2 Å². The second-order valence-electron chi connectivity index (χ2n) is 5.76. The summed E-state index contributed by atoms with van der Waals surface area (Å²) in [5.74, 6) is -1.02. The summed E-state index contributed by atoms with van der Waals surface area (Å²) in [5, 5.41) is 0. The summed E-state index contributed by atoms with van der Waals surface area (Å²) < 4.78 is 28.2. The number of hydrogen-bond acceptors (Lipinski definition) is 5. The van der Waals surface area contributed by atoms with Crippen molar-refractivity contribution in [3.63, 3.8) is 0 Å². The molecule has 0 aromatic heterocycles. The fraction of sp³-hybridized carbons (Fsp3) is 0.263. The zero-order valence-corrected chi connectivity index (χ0v) is 15.7. The number of anilines is 1. The van der Waals surface area contributed by atoms with E-state index in [1.165, 1.54) is 36.1 Å². The lowest BCUT2D eigenvalue weighted by Crippen LogP contribution is -2.40. The number of sulfone groups is 1. The molecule has 138 valence electrons. The van der Waals surface area contributed by atoms with Crippen LogP contribution < -0.4 is 4.90 Å². The third-order valence-electron chi connectivity index (χ3n) is 3.80. The smallest absolute Gasteiger partial charge is 0.338 e. The van der Waals surface area contributed by atoms with Crippen LogP contribution in [0.2, 0.25) is 0 Å². The molecule has 1 amide bonds. The topological polar surface area (TPSA) is 80.8 Å². The molecule has 0 aliphatic heterocycles. The Kier molecular flexibility index (Phi) is 6.15. The van der Waals surface area contributed by atoms with Gasteiger partial charge in [0.05, 0.1) is 10.5 Å². The van der Waals surface area contributed by atoms with Crippen molar-refractivity contribution in [2.24, 2.45) is 0 Å². The highest BCUT2D eigenvalue weighted by molar-refractivity contribution is 7.90. The van der Waals surface area contributed by atoms with Crippen LogP contribution in [-0.2, 0) is 19.4 Å². The third-order valence-corrected chi connectivity index (χ3v) is 4.93. The lowest BCUT2D eigenvalue weighted by atomic mass is 10.2. The average Bonchev–Trinajstić information content (AvgIpc) is 2.62. The lowest BCUT2D eigenvalue weighted by molar-refractivity contribution is -0.126. The Balaban J connectivity index is 2.09. The molecule has 0 saturated heterocycles. The fourth-order valence-corrected chi connectivity index (χ4v) is 3.04. The molecule has 0 bridgehead atoms. The van der Waals surface area contributed by atoms with Gasteiger partial charge in [-0.3, -0.25) is 4.79 Å². The van der Waals surface area contributed by atoms with Gasteiger partial charge in [-0.2, -0.15) is 0 Å². The van der Waals surface area contributed by atoms with Gasteiger partial charge in [-0.05, 0) is 50.2 Å². The molecule has 0 saturated carbocycles. The van der Waals surface area contributed by atoms with E-state index in [0.29, 0.717) is 6.54 Å². The van der Waals surface area contributed by atoms with Crippen LogP contribution in [0, 0.1) is 0 Å². The van der Waals surface area contributed by atoms with Gasteiger partial charge in [-0.25, -0.2) is 13.2 Å². The maximum Gasteiger partial charge on any atom is 0.338 e. The highest BCUT2D eigenvalue weighted by atomic mass is 32.2. The second-order valence-corrected chi connectivity index (χ2v) is 7.78. The van der Waals surface area contributed by atoms with Crippen molar-refractivity contribution in [2.45, 2.75) is 24.8 Å². The lowest BCUT2D eigenvalue weighted by Gasteiger charge is -2.24. The van der Waals surface area contributed by atoms with Crippen LogP contribution in [-0.4, -0.2) is 39.2 Å². The molecule has 26 heavy (non-hydrogen) atoms. The maximum atomic E-state index is 12.6. The number of rotatable bonds is 6. The van der Waals surface area contributed by atoms with Crippen LogP contribution >= 0.6 is 0 Å². The summed E-state index contributed by atoms with van der Waals surface area (Å²) in [6, 6.07) is 14.5. The van der Waals surface area contributed by atoms with Crippen LogP contribution in [0.4, 0.5) is 5.69 Å². The van der Waals surface area contributed by atoms with E-state index in [2.05, 4.69) is 0 Å². The molecule has 0 aliphatic rings. The van der Waals surface area contributed by atoms with Crippen LogP contribution in [0.3, 0.4) is 0 Å². The first-order valence-corrected chi connectivity index (χ1v) is 10.0. The van der Waals surface area contributed by atoms with E-state index in [9.17, 15) is 18.0 Å². The molecule has 0 radical (unpaired) electrons. The van der Waals surface area contributed by atoms with Gasteiger partial charge < -0.3 is 9.64 Å². The number of nitrogens with zero attached hydrogens (tertiary/aromatic N) is 1. The molecule has 0 N–H and O–H groups in total. The first-order chi connectivity index (χ1) is 12.2. The van der Waals surface area contributed by atoms with Gasteiger partial charge >= 0.3 is 5.97 Å². The largest absolute Gasteiger partial charge is 0.449 e. The average molecular weight is 375 g/mol. The molecule has 0 unspecified atom stereocenters. The van der Waals surface area contributed by atoms with E-state index in [0.717, 1.165) is 11.9 Å². The fourth-order valence-electron chi connectivity index (χ4n) is 2.41. The van der Waals surface area contributed by atoms with Gasteiger partial charge in [0.2, 0.25) is 0 Å². The van der Waals surface area contributed by atoms with Gasteiger partial charge in [0.25, 0.3) is 5.91 Å². The number of carbonyl (C=O) groups excluding carboxylic acids is 2. The Morgan fingerprint density at radius 3 is 2.12 bits per heavy atom. The summed E-state index contributed by atoms with van der Waals surface area (Å²) in [6.45, 7) is 3.79. The Morgan fingerprint density at radius 1 is 1.04 bits per heavy atom. The van der Waals surface area contributed by atoms with Crippen molar-refractivity contribution in [2.75, 3.05) is 17.7 Å². The standard InChI is InChI=1S/C19H21NO5S/c1-4-20(16-8-6-5-7-9-16)18(21)14(2)25-19(22)15-10-12-17(13-11-15)26(3,23)24/h5-14H,4H2,1-3H3/t14-/m0/s1. The van der Waals surface area contributed by atoms with Crippen molar-refractivity contribution < 1.29 is 22.7 Å². The predicted octanol–water partition coefficient (Wildman–Crippen LogP) is 2.69. The Labute approximate surface area is 153 Å². The van der Waals surface area contributed by atoms with Crippen molar-refractivity contribution in [3.05, 3.63) is 60.2 Å². The van der Waals surface area contributed by atoms with Crippen LogP contribution in [0.15, 0.2) is 59.5 Å². The summed E-state index contributed by atoms with van der Waals surface area (Å²) in [5.41, 5.74) is 0.903. The van der Waals surface area contributed by atoms with Gasteiger partial charge in [-0.15, -0.1) is 0 Å². The zero-order chi connectivity index (χ0) is 19.3. The first-order valence-electron chi connectivity index (χ1n) is 8.11. The van der Waals surface area contributed by atoms with Crippen molar-refractivity contribution >= 4 is 27.4 Å². The molecule has 0 aliphatic carbocycles.